The number of carbonyl (C=O) groups excluding carboxylic acids is 1. The van der Waals surface area contributed by atoms with Gasteiger partial charge in [-0.05, 0) is 55.8 Å². The molecule has 3 heterocycles. The lowest BCUT2D eigenvalue weighted by atomic mass is 10.0. The van der Waals surface area contributed by atoms with Gasteiger partial charge in [0.2, 0.25) is 0 Å². The van der Waals surface area contributed by atoms with Crippen molar-refractivity contribution >= 4 is 44.5 Å². The second-order valence-corrected chi connectivity index (χ2v) is 7.84. The summed E-state index contributed by atoms with van der Waals surface area (Å²) < 4.78 is 0.929. The van der Waals surface area contributed by atoms with Crippen LogP contribution in [0.1, 0.15) is 19.4 Å². The van der Waals surface area contributed by atoms with Gasteiger partial charge in [0.05, 0.1) is 15.9 Å². The maximum atomic E-state index is 12.0. The summed E-state index contributed by atoms with van der Waals surface area (Å²) in [6.07, 6.45) is 6.40. The van der Waals surface area contributed by atoms with Crippen molar-refractivity contribution in [2.45, 2.75) is 20.0 Å². The number of urea groups is 1. The van der Waals surface area contributed by atoms with Crippen LogP contribution in [-0.2, 0) is 0 Å². The number of benzene rings is 1. The number of amides is 2. The largest absolute Gasteiger partial charge is 0.386 e. The van der Waals surface area contributed by atoms with Crippen molar-refractivity contribution < 1.29 is 9.90 Å². The van der Waals surface area contributed by atoms with Crippen LogP contribution >= 0.6 is 11.3 Å². The highest BCUT2D eigenvalue weighted by Gasteiger charge is 2.16. The molecule has 2 aromatic heterocycles. The number of anilines is 1. The standard InChI is InChI=1S/C23H21N5O2S/c1-3-24-22(30)28-23-27-20-12-16(15-7-6-9-18(14(2)29)26-13-15)11-17(21(20)31-23)19-8-4-5-10-25-19/h4-8,10-14,29H,3H2,1-2H3,(H2,24,27,28,30). The van der Waals surface area contributed by atoms with Crippen LogP contribution in [0.5, 0.6) is 0 Å². The van der Waals surface area contributed by atoms with Gasteiger partial charge in [-0.25, -0.2) is 14.8 Å². The van der Waals surface area contributed by atoms with Gasteiger partial charge in [-0.3, -0.25) is 10.3 Å². The maximum absolute atomic E-state index is 12.0. The number of hydrogen-bond acceptors (Lipinski definition) is 6. The van der Waals surface area contributed by atoms with E-state index in [1.54, 1.807) is 25.4 Å². The molecule has 1 unspecified atom stereocenters. The van der Waals surface area contributed by atoms with Crippen molar-refractivity contribution in [1.82, 2.24) is 15.3 Å². The SMILES string of the molecule is CCNC(=O)Nc1nc2cc(C3=CC=C=C(C(C)O)N=C3)cc(-c3ccccn3)c2s1. The quantitative estimate of drug-likeness (QED) is 0.522. The zero-order valence-corrected chi connectivity index (χ0v) is 17.9. The molecule has 3 aromatic rings. The molecule has 3 N–H and O–H groups in total. The number of aliphatic hydroxyl groups is 1. The van der Waals surface area contributed by atoms with E-state index in [4.69, 9.17) is 0 Å². The van der Waals surface area contributed by atoms with Gasteiger partial charge in [0.15, 0.2) is 5.13 Å². The van der Waals surface area contributed by atoms with E-state index in [0.29, 0.717) is 17.4 Å². The predicted octanol–water partition coefficient (Wildman–Crippen LogP) is 4.39. The summed E-state index contributed by atoms with van der Waals surface area (Å²) in [6, 6.07) is 9.45. The molecular weight excluding hydrogens is 410 g/mol. The number of pyridine rings is 1. The summed E-state index contributed by atoms with van der Waals surface area (Å²) in [5, 5.41) is 15.8. The first-order valence-corrected chi connectivity index (χ1v) is 10.7. The van der Waals surface area contributed by atoms with Crippen LogP contribution in [0.3, 0.4) is 0 Å². The molecule has 0 saturated heterocycles. The van der Waals surface area contributed by atoms with Crippen LogP contribution in [0.4, 0.5) is 9.93 Å². The van der Waals surface area contributed by atoms with Gasteiger partial charge in [-0.15, -0.1) is 0 Å². The Labute approximate surface area is 183 Å². The van der Waals surface area contributed by atoms with E-state index in [9.17, 15) is 9.90 Å². The van der Waals surface area contributed by atoms with Gasteiger partial charge in [-0.2, -0.15) is 0 Å². The zero-order chi connectivity index (χ0) is 21.8. The third kappa shape index (κ3) is 4.62. The number of thiazole rings is 1. The van der Waals surface area contributed by atoms with Crippen molar-refractivity contribution in [3.8, 4) is 11.3 Å². The molecule has 0 bridgehead atoms. The molecule has 7 nitrogen and oxygen atoms in total. The average Bonchev–Trinajstić information content (AvgIpc) is 2.99. The molecule has 0 fully saturated rings. The van der Waals surface area contributed by atoms with Gasteiger partial charge in [0.25, 0.3) is 0 Å². The molecule has 156 valence electrons. The first-order chi connectivity index (χ1) is 15.0. The number of aromatic nitrogens is 2. The summed E-state index contributed by atoms with van der Waals surface area (Å²) in [4.78, 5) is 25.4. The highest BCUT2D eigenvalue weighted by Crippen LogP contribution is 2.37. The topological polar surface area (TPSA) is 99.5 Å². The van der Waals surface area contributed by atoms with Gasteiger partial charge in [-0.1, -0.05) is 23.1 Å². The Morgan fingerprint density at radius 3 is 2.94 bits per heavy atom. The molecule has 31 heavy (non-hydrogen) atoms. The Morgan fingerprint density at radius 1 is 1.32 bits per heavy atom. The fourth-order valence-corrected chi connectivity index (χ4v) is 4.07. The van der Waals surface area contributed by atoms with Crippen molar-refractivity contribution in [1.29, 1.82) is 0 Å². The lowest BCUT2D eigenvalue weighted by Crippen LogP contribution is -2.28. The van der Waals surface area contributed by atoms with E-state index in [2.05, 4.69) is 31.3 Å². The Morgan fingerprint density at radius 2 is 2.19 bits per heavy atom. The Balaban J connectivity index is 1.81. The summed E-state index contributed by atoms with van der Waals surface area (Å²) in [5.74, 6) is 0. The monoisotopic (exact) mass is 431 g/mol. The van der Waals surface area contributed by atoms with Gasteiger partial charge >= 0.3 is 6.03 Å². The number of nitrogens with one attached hydrogen (secondary N) is 2. The molecule has 4 rings (SSSR count). The molecule has 0 radical (unpaired) electrons. The smallest absolute Gasteiger partial charge is 0.321 e. The van der Waals surface area contributed by atoms with Gasteiger partial charge in [0, 0.05) is 30.1 Å². The number of aliphatic hydroxyl groups excluding tert-OH is 1. The van der Waals surface area contributed by atoms with Crippen LogP contribution in [0.25, 0.3) is 27.0 Å². The lowest BCUT2D eigenvalue weighted by Gasteiger charge is -2.07. The number of carbonyl (C=O) groups is 1. The number of hydrogen-bond donors (Lipinski definition) is 3. The highest BCUT2D eigenvalue weighted by atomic mass is 32.1. The number of aliphatic imine (C=N–C) groups is 1. The van der Waals surface area contributed by atoms with Crippen LogP contribution in [0.15, 0.2) is 65.1 Å². The summed E-state index contributed by atoms with van der Waals surface area (Å²) in [5.41, 5.74) is 7.70. The molecule has 0 spiro atoms. The predicted molar refractivity (Wildman–Crippen MR) is 125 cm³/mol. The molecule has 1 aliphatic heterocycles. The van der Waals surface area contributed by atoms with Crippen LogP contribution in [0.2, 0.25) is 0 Å². The van der Waals surface area contributed by atoms with Crippen LogP contribution < -0.4 is 10.6 Å². The minimum absolute atomic E-state index is 0.290. The maximum Gasteiger partial charge on any atom is 0.321 e. The van der Waals surface area contributed by atoms with Crippen molar-refractivity contribution in [3.63, 3.8) is 0 Å². The minimum Gasteiger partial charge on any atom is -0.386 e. The third-order valence-corrected chi connectivity index (χ3v) is 5.57. The minimum atomic E-state index is -0.701. The molecule has 1 aliphatic rings. The second-order valence-electron chi connectivity index (χ2n) is 6.84. The van der Waals surface area contributed by atoms with E-state index in [1.165, 1.54) is 11.3 Å². The Kier molecular flexibility index (Phi) is 6.04. The Bertz CT molecular complexity index is 1250. The van der Waals surface area contributed by atoms with E-state index < -0.39 is 6.10 Å². The van der Waals surface area contributed by atoms with E-state index in [0.717, 1.165) is 32.6 Å². The van der Waals surface area contributed by atoms with Gasteiger partial charge in [0.1, 0.15) is 11.8 Å². The fraction of sp³-hybridized carbons (Fsp3) is 0.174. The van der Waals surface area contributed by atoms with Crippen LogP contribution in [-0.4, -0.2) is 40.0 Å². The van der Waals surface area contributed by atoms with Gasteiger partial charge < -0.3 is 10.4 Å². The normalized spacial score (nSPS) is 14.0. The van der Waals surface area contributed by atoms with Crippen molar-refractivity contribution in [2.75, 3.05) is 11.9 Å². The molecule has 8 heteroatoms. The third-order valence-electron chi connectivity index (χ3n) is 4.55. The molecule has 1 atom stereocenters. The van der Waals surface area contributed by atoms with Crippen LogP contribution in [0, 0.1) is 0 Å². The number of fused-ring (bicyclic) bond motifs is 1. The first-order valence-electron chi connectivity index (χ1n) is 9.85. The van der Waals surface area contributed by atoms with E-state index in [-0.39, 0.29) is 6.03 Å². The summed E-state index contributed by atoms with van der Waals surface area (Å²) in [7, 11) is 0. The lowest BCUT2D eigenvalue weighted by molar-refractivity contribution is 0.230. The zero-order valence-electron chi connectivity index (χ0n) is 17.1. The van der Waals surface area contributed by atoms with E-state index >= 15 is 0 Å². The number of nitrogens with zero attached hydrogens (tertiary/aromatic N) is 3. The Hall–Kier alpha value is -3.58. The van der Waals surface area contributed by atoms with Crippen molar-refractivity contribution in [3.05, 3.63) is 65.7 Å². The number of rotatable bonds is 5. The summed E-state index contributed by atoms with van der Waals surface area (Å²) in [6.45, 7) is 4.05. The molecular formula is C23H21N5O2S. The molecule has 2 amide bonds. The first kappa shape index (κ1) is 20.7. The molecule has 0 aliphatic carbocycles. The van der Waals surface area contributed by atoms with Crippen molar-refractivity contribution in [2.24, 2.45) is 4.99 Å². The molecule has 1 aromatic carbocycles. The van der Waals surface area contributed by atoms with E-state index in [1.807, 2.05) is 43.3 Å². The number of allylic oxidation sites excluding steroid dienone is 2. The highest BCUT2D eigenvalue weighted by molar-refractivity contribution is 7.22. The average molecular weight is 432 g/mol. The molecule has 0 saturated carbocycles. The summed E-state index contributed by atoms with van der Waals surface area (Å²) >= 11 is 1.40. The second kappa shape index (κ2) is 9.06. The fourth-order valence-electron chi connectivity index (χ4n) is 3.10.